The summed E-state index contributed by atoms with van der Waals surface area (Å²) in [7, 11) is 0. The highest BCUT2D eigenvalue weighted by atomic mass is 35.5. The number of amides is 2. The minimum absolute atomic E-state index is 0. The molecule has 0 atom stereocenters. The molecule has 2 aromatic carbocycles. The van der Waals surface area contributed by atoms with Gasteiger partial charge in [-0.15, -0.1) is 12.4 Å². The SMILES string of the molecule is Cl.Nc1cccc(C(=O)NCCc2ccc(OCC(=O)NC3CC3)cc2)c1. The summed E-state index contributed by atoms with van der Waals surface area (Å²) in [6, 6.07) is 14.8. The molecule has 1 fully saturated rings. The van der Waals surface area contributed by atoms with E-state index in [1.165, 1.54) is 0 Å². The van der Waals surface area contributed by atoms with E-state index in [2.05, 4.69) is 10.6 Å². The Balaban J connectivity index is 0.00000261. The van der Waals surface area contributed by atoms with E-state index in [1.54, 1.807) is 24.3 Å². The van der Waals surface area contributed by atoms with Gasteiger partial charge in [0, 0.05) is 23.8 Å². The smallest absolute Gasteiger partial charge is 0.258 e. The van der Waals surface area contributed by atoms with Gasteiger partial charge in [0.25, 0.3) is 11.8 Å². The van der Waals surface area contributed by atoms with Crippen molar-refractivity contribution in [3.05, 3.63) is 59.7 Å². The maximum absolute atomic E-state index is 12.0. The lowest BCUT2D eigenvalue weighted by atomic mass is 10.1. The van der Waals surface area contributed by atoms with Gasteiger partial charge in [-0.05, 0) is 55.2 Å². The second-order valence-electron chi connectivity index (χ2n) is 6.41. The third-order valence-electron chi connectivity index (χ3n) is 4.08. The first kappa shape index (κ1) is 20.6. The molecule has 0 aromatic heterocycles. The van der Waals surface area contributed by atoms with Gasteiger partial charge in [-0.3, -0.25) is 9.59 Å². The zero-order valence-corrected chi connectivity index (χ0v) is 15.8. The van der Waals surface area contributed by atoms with Crippen molar-refractivity contribution in [2.75, 3.05) is 18.9 Å². The molecule has 1 aliphatic rings. The molecular weight excluding hydrogens is 366 g/mol. The monoisotopic (exact) mass is 389 g/mol. The molecule has 0 unspecified atom stereocenters. The number of nitrogen functional groups attached to an aromatic ring is 1. The van der Waals surface area contributed by atoms with Crippen LogP contribution in [-0.4, -0.2) is 31.0 Å². The topological polar surface area (TPSA) is 93.5 Å². The fourth-order valence-corrected chi connectivity index (χ4v) is 2.50. The largest absolute Gasteiger partial charge is 0.484 e. The summed E-state index contributed by atoms with van der Waals surface area (Å²) in [5, 5.41) is 5.75. The Labute approximate surface area is 164 Å². The Kier molecular flexibility index (Phi) is 7.49. The molecule has 2 aromatic rings. The van der Waals surface area contributed by atoms with Crippen LogP contribution in [0.25, 0.3) is 0 Å². The minimum Gasteiger partial charge on any atom is -0.484 e. The van der Waals surface area contributed by atoms with Gasteiger partial charge in [0.15, 0.2) is 6.61 Å². The average Bonchev–Trinajstić information content (AvgIpc) is 3.45. The standard InChI is InChI=1S/C20H23N3O3.ClH/c21-16-3-1-2-15(12-16)20(25)22-11-10-14-4-8-18(9-5-14)26-13-19(24)23-17-6-7-17;/h1-5,8-9,12,17H,6-7,10-11,13,21H2,(H,22,25)(H,23,24);1H. The summed E-state index contributed by atoms with van der Waals surface area (Å²) < 4.78 is 5.47. The van der Waals surface area contributed by atoms with Crippen LogP contribution in [-0.2, 0) is 11.2 Å². The second-order valence-corrected chi connectivity index (χ2v) is 6.41. The number of carbonyl (C=O) groups is 2. The van der Waals surface area contributed by atoms with Crippen LogP contribution in [0.1, 0.15) is 28.8 Å². The van der Waals surface area contributed by atoms with Crippen LogP contribution in [0.4, 0.5) is 5.69 Å². The van der Waals surface area contributed by atoms with Crippen LogP contribution in [0, 0.1) is 0 Å². The number of anilines is 1. The Morgan fingerprint density at radius 2 is 1.85 bits per heavy atom. The van der Waals surface area contributed by atoms with Crippen LogP contribution in [0.15, 0.2) is 48.5 Å². The molecule has 1 saturated carbocycles. The fraction of sp³-hybridized carbons (Fsp3) is 0.300. The Hall–Kier alpha value is -2.73. The predicted octanol–water partition coefficient (Wildman–Crippen LogP) is 2.32. The molecule has 0 bridgehead atoms. The number of benzene rings is 2. The third kappa shape index (κ3) is 6.83. The number of hydrogen-bond donors (Lipinski definition) is 3. The van der Waals surface area contributed by atoms with Crippen molar-refractivity contribution in [1.82, 2.24) is 10.6 Å². The highest BCUT2D eigenvalue weighted by Gasteiger charge is 2.23. The number of nitrogens with one attached hydrogen (secondary N) is 2. The highest BCUT2D eigenvalue weighted by Crippen LogP contribution is 2.18. The van der Waals surface area contributed by atoms with Crippen molar-refractivity contribution >= 4 is 29.9 Å². The zero-order valence-electron chi connectivity index (χ0n) is 14.9. The number of carbonyl (C=O) groups excluding carboxylic acids is 2. The van der Waals surface area contributed by atoms with Crippen LogP contribution in [0.2, 0.25) is 0 Å². The summed E-state index contributed by atoms with van der Waals surface area (Å²) in [6.07, 6.45) is 2.83. The van der Waals surface area contributed by atoms with Crippen LogP contribution < -0.4 is 21.1 Å². The Bertz CT molecular complexity index is 776. The lowest BCUT2D eigenvalue weighted by Crippen LogP contribution is -2.30. The lowest BCUT2D eigenvalue weighted by molar-refractivity contribution is -0.123. The van der Waals surface area contributed by atoms with Crippen molar-refractivity contribution in [2.24, 2.45) is 0 Å². The maximum Gasteiger partial charge on any atom is 0.258 e. The molecule has 4 N–H and O–H groups in total. The average molecular weight is 390 g/mol. The van der Waals surface area contributed by atoms with E-state index in [4.69, 9.17) is 10.5 Å². The quantitative estimate of drug-likeness (QED) is 0.604. The van der Waals surface area contributed by atoms with E-state index in [0.29, 0.717) is 36.0 Å². The molecule has 0 heterocycles. The number of hydrogen-bond acceptors (Lipinski definition) is 4. The summed E-state index contributed by atoms with van der Waals surface area (Å²) in [6.45, 7) is 0.559. The number of nitrogens with two attached hydrogens (primary N) is 1. The molecule has 7 heteroatoms. The molecule has 0 aliphatic heterocycles. The van der Waals surface area contributed by atoms with E-state index in [0.717, 1.165) is 18.4 Å². The number of halogens is 1. The van der Waals surface area contributed by atoms with Gasteiger partial charge in [-0.1, -0.05) is 18.2 Å². The van der Waals surface area contributed by atoms with E-state index in [-0.39, 0.29) is 30.8 Å². The molecule has 0 saturated heterocycles. The third-order valence-corrected chi connectivity index (χ3v) is 4.08. The van der Waals surface area contributed by atoms with Crippen LogP contribution >= 0.6 is 12.4 Å². The van der Waals surface area contributed by atoms with E-state index in [1.807, 2.05) is 24.3 Å². The van der Waals surface area contributed by atoms with Gasteiger partial charge in [-0.2, -0.15) is 0 Å². The Morgan fingerprint density at radius 3 is 2.52 bits per heavy atom. The normalized spacial score (nSPS) is 12.6. The molecular formula is C20H24ClN3O3. The van der Waals surface area contributed by atoms with Gasteiger partial charge < -0.3 is 21.1 Å². The van der Waals surface area contributed by atoms with Gasteiger partial charge in [0.05, 0.1) is 0 Å². The van der Waals surface area contributed by atoms with Gasteiger partial charge in [0.2, 0.25) is 0 Å². The first-order valence-corrected chi connectivity index (χ1v) is 8.75. The van der Waals surface area contributed by atoms with Crippen molar-refractivity contribution < 1.29 is 14.3 Å². The Morgan fingerprint density at radius 1 is 1.11 bits per heavy atom. The van der Waals surface area contributed by atoms with Crippen molar-refractivity contribution in [3.8, 4) is 5.75 Å². The molecule has 6 nitrogen and oxygen atoms in total. The molecule has 1 aliphatic carbocycles. The number of rotatable bonds is 8. The second kappa shape index (κ2) is 9.83. The highest BCUT2D eigenvalue weighted by molar-refractivity contribution is 5.94. The van der Waals surface area contributed by atoms with Gasteiger partial charge in [-0.25, -0.2) is 0 Å². The summed E-state index contributed by atoms with van der Waals surface area (Å²) >= 11 is 0. The first-order chi connectivity index (χ1) is 12.6. The molecule has 144 valence electrons. The molecule has 0 spiro atoms. The van der Waals surface area contributed by atoms with Crippen LogP contribution in [0.3, 0.4) is 0 Å². The van der Waals surface area contributed by atoms with Crippen LogP contribution in [0.5, 0.6) is 5.75 Å². The van der Waals surface area contributed by atoms with Gasteiger partial charge in [0.1, 0.15) is 5.75 Å². The van der Waals surface area contributed by atoms with Crippen molar-refractivity contribution in [1.29, 1.82) is 0 Å². The van der Waals surface area contributed by atoms with Gasteiger partial charge >= 0.3 is 0 Å². The molecule has 27 heavy (non-hydrogen) atoms. The van der Waals surface area contributed by atoms with E-state index in [9.17, 15) is 9.59 Å². The van der Waals surface area contributed by atoms with Crippen molar-refractivity contribution in [2.45, 2.75) is 25.3 Å². The number of ether oxygens (including phenoxy) is 1. The zero-order chi connectivity index (χ0) is 18.4. The predicted molar refractivity (Wildman–Crippen MR) is 107 cm³/mol. The molecule has 2 amide bonds. The first-order valence-electron chi connectivity index (χ1n) is 8.75. The minimum atomic E-state index is -0.140. The summed E-state index contributed by atoms with van der Waals surface area (Å²) in [5.41, 5.74) is 7.88. The van der Waals surface area contributed by atoms with Crippen molar-refractivity contribution in [3.63, 3.8) is 0 Å². The molecule has 0 radical (unpaired) electrons. The fourth-order valence-electron chi connectivity index (χ4n) is 2.50. The summed E-state index contributed by atoms with van der Waals surface area (Å²) in [4.78, 5) is 23.6. The summed E-state index contributed by atoms with van der Waals surface area (Å²) in [5.74, 6) is 0.434. The van der Waals surface area contributed by atoms with E-state index >= 15 is 0 Å². The maximum atomic E-state index is 12.0. The molecule has 3 rings (SSSR count). The van der Waals surface area contributed by atoms with E-state index < -0.39 is 0 Å². The lowest BCUT2D eigenvalue weighted by Gasteiger charge is -2.08.